The van der Waals surface area contributed by atoms with Crippen molar-refractivity contribution >= 4 is 11.7 Å². The molecule has 0 saturated carbocycles. The van der Waals surface area contributed by atoms with E-state index >= 15 is 0 Å². The molecule has 0 aliphatic carbocycles. The van der Waals surface area contributed by atoms with Crippen LogP contribution in [0.3, 0.4) is 0 Å². The summed E-state index contributed by atoms with van der Waals surface area (Å²) in [4.78, 5) is 11.0. The quantitative estimate of drug-likeness (QED) is 0.803. The molecule has 0 fully saturated rings. The summed E-state index contributed by atoms with van der Waals surface area (Å²) < 4.78 is 0. The van der Waals surface area contributed by atoms with Crippen LogP contribution in [-0.4, -0.2) is 17.1 Å². The van der Waals surface area contributed by atoms with Crippen molar-refractivity contribution in [3.8, 4) is 0 Å². The van der Waals surface area contributed by atoms with Crippen LogP contribution in [0.5, 0.6) is 0 Å². The third kappa shape index (κ3) is 3.93. The minimum atomic E-state index is -0.797. The van der Waals surface area contributed by atoms with Gasteiger partial charge in [0.15, 0.2) is 0 Å². The zero-order chi connectivity index (χ0) is 12.1. The number of rotatable bonds is 5. The molecule has 1 atom stereocenters. The zero-order valence-corrected chi connectivity index (χ0v) is 10.0. The Morgan fingerprint density at radius 3 is 2.31 bits per heavy atom. The van der Waals surface area contributed by atoms with Gasteiger partial charge in [0.1, 0.15) is 6.04 Å². The Bertz CT molecular complexity index is 343. The van der Waals surface area contributed by atoms with Crippen LogP contribution in [0, 0.1) is 12.8 Å². The number of carbonyl (C=O) groups is 1. The summed E-state index contributed by atoms with van der Waals surface area (Å²) in [6, 6.07) is 7.24. The van der Waals surface area contributed by atoms with Gasteiger partial charge in [-0.2, -0.15) is 0 Å². The SMILES string of the molecule is Cc1ccc(N[C@@H](CC(C)C)C(=O)O)cc1. The molecule has 0 saturated heterocycles. The van der Waals surface area contributed by atoms with E-state index in [0.29, 0.717) is 12.3 Å². The van der Waals surface area contributed by atoms with Crippen molar-refractivity contribution < 1.29 is 9.90 Å². The summed E-state index contributed by atoms with van der Waals surface area (Å²) in [5, 5.41) is 12.1. The van der Waals surface area contributed by atoms with E-state index in [0.717, 1.165) is 5.69 Å². The standard InChI is InChI=1S/C13H19NO2/c1-9(2)8-12(13(15)16)14-11-6-4-10(3)5-7-11/h4-7,9,12,14H,8H2,1-3H3,(H,15,16)/t12-/m0/s1. The van der Waals surface area contributed by atoms with Gasteiger partial charge in [-0.25, -0.2) is 4.79 Å². The van der Waals surface area contributed by atoms with Crippen LogP contribution < -0.4 is 5.32 Å². The van der Waals surface area contributed by atoms with Gasteiger partial charge in [-0.3, -0.25) is 0 Å². The summed E-state index contributed by atoms with van der Waals surface area (Å²) in [5.74, 6) is -0.437. The van der Waals surface area contributed by atoms with Gasteiger partial charge in [0.25, 0.3) is 0 Å². The molecule has 0 aliphatic heterocycles. The van der Waals surface area contributed by atoms with E-state index in [1.54, 1.807) is 0 Å². The number of anilines is 1. The molecule has 3 heteroatoms. The first-order chi connectivity index (χ1) is 7.49. The molecule has 16 heavy (non-hydrogen) atoms. The smallest absolute Gasteiger partial charge is 0.326 e. The van der Waals surface area contributed by atoms with Gasteiger partial charge in [-0.05, 0) is 31.4 Å². The predicted molar refractivity (Wildman–Crippen MR) is 65.7 cm³/mol. The lowest BCUT2D eigenvalue weighted by Gasteiger charge is -2.17. The first kappa shape index (κ1) is 12.6. The Morgan fingerprint density at radius 2 is 1.88 bits per heavy atom. The van der Waals surface area contributed by atoms with Crippen molar-refractivity contribution in [3.05, 3.63) is 29.8 Å². The summed E-state index contributed by atoms with van der Waals surface area (Å²) in [6.07, 6.45) is 0.628. The summed E-state index contributed by atoms with van der Waals surface area (Å²) in [5.41, 5.74) is 2.03. The van der Waals surface area contributed by atoms with Gasteiger partial charge in [0.2, 0.25) is 0 Å². The van der Waals surface area contributed by atoms with Gasteiger partial charge in [-0.1, -0.05) is 31.5 Å². The molecular weight excluding hydrogens is 202 g/mol. The Morgan fingerprint density at radius 1 is 1.31 bits per heavy atom. The van der Waals surface area contributed by atoms with E-state index in [1.165, 1.54) is 5.56 Å². The molecule has 88 valence electrons. The molecule has 0 aromatic heterocycles. The van der Waals surface area contributed by atoms with Gasteiger partial charge < -0.3 is 10.4 Å². The average molecular weight is 221 g/mol. The van der Waals surface area contributed by atoms with Crippen LogP contribution in [0.15, 0.2) is 24.3 Å². The van der Waals surface area contributed by atoms with Crippen LogP contribution in [0.1, 0.15) is 25.8 Å². The van der Waals surface area contributed by atoms with Gasteiger partial charge in [0.05, 0.1) is 0 Å². The number of aliphatic carboxylic acids is 1. The third-order valence-electron chi connectivity index (χ3n) is 2.40. The molecule has 0 amide bonds. The Hall–Kier alpha value is -1.51. The number of nitrogens with one attached hydrogen (secondary N) is 1. The van der Waals surface area contributed by atoms with Gasteiger partial charge in [0, 0.05) is 5.69 Å². The van der Waals surface area contributed by atoms with E-state index in [2.05, 4.69) is 5.32 Å². The van der Waals surface area contributed by atoms with Crippen LogP contribution in [0.2, 0.25) is 0 Å². The molecule has 1 aromatic carbocycles. The normalized spacial score (nSPS) is 12.5. The Balaban J connectivity index is 2.68. The highest BCUT2D eigenvalue weighted by atomic mass is 16.4. The molecule has 0 aliphatic rings. The fraction of sp³-hybridized carbons (Fsp3) is 0.462. The monoisotopic (exact) mass is 221 g/mol. The summed E-state index contributed by atoms with van der Waals surface area (Å²) in [6.45, 7) is 6.05. The molecule has 2 N–H and O–H groups in total. The molecule has 3 nitrogen and oxygen atoms in total. The van der Waals surface area contributed by atoms with Crippen molar-refractivity contribution in [2.75, 3.05) is 5.32 Å². The van der Waals surface area contributed by atoms with Crippen molar-refractivity contribution in [2.45, 2.75) is 33.2 Å². The minimum Gasteiger partial charge on any atom is -0.480 e. The fourth-order valence-electron chi connectivity index (χ4n) is 1.54. The predicted octanol–water partition coefficient (Wildman–Crippen LogP) is 2.91. The number of hydrogen-bond acceptors (Lipinski definition) is 2. The maximum absolute atomic E-state index is 11.0. The largest absolute Gasteiger partial charge is 0.480 e. The van der Waals surface area contributed by atoms with Crippen LogP contribution >= 0.6 is 0 Å². The van der Waals surface area contributed by atoms with E-state index in [1.807, 2.05) is 45.0 Å². The van der Waals surface area contributed by atoms with Crippen molar-refractivity contribution in [2.24, 2.45) is 5.92 Å². The topological polar surface area (TPSA) is 49.3 Å². The van der Waals surface area contributed by atoms with Crippen LogP contribution in [0.25, 0.3) is 0 Å². The van der Waals surface area contributed by atoms with E-state index in [9.17, 15) is 4.79 Å². The minimum absolute atomic E-state index is 0.360. The molecule has 0 heterocycles. The van der Waals surface area contributed by atoms with Crippen LogP contribution in [0.4, 0.5) is 5.69 Å². The highest BCUT2D eigenvalue weighted by Crippen LogP contribution is 2.14. The third-order valence-corrected chi connectivity index (χ3v) is 2.40. The molecule has 0 radical (unpaired) electrons. The molecule has 0 bridgehead atoms. The zero-order valence-electron chi connectivity index (χ0n) is 10.0. The van der Waals surface area contributed by atoms with E-state index < -0.39 is 12.0 Å². The fourth-order valence-corrected chi connectivity index (χ4v) is 1.54. The number of carboxylic acids is 1. The Kier molecular flexibility index (Phi) is 4.35. The lowest BCUT2D eigenvalue weighted by molar-refractivity contribution is -0.138. The molecule has 0 unspecified atom stereocenters. The number of benzene rings is 1. The molecule has 1 rings (SSSR count). The number of carboxylic acid groups (broad SMARTS) is 1. The van der Waals surface area contributed by atoms with E-state index in [-0.39, 0.29) is 0 Å². The number of aryl methyl sites for hydroxylation is 1. The maximum Gasteiger partial charge on any atom is 0.326 e. The van der Waals surface area contributed by atoms with Crippen molar-refractivity contribution in [3.63, 3.8) is 0 Å². The number of hydrogen-bond donors (Lipinski definition) is 2. The van der Waals surface area contributed by atoms with Gasteiger partial charge >= 0.3 is 5.97 Å². The lowest BCUT2D eigenvalue weighted by atomic mass is 10.0. The average Bonchev–Trinajstić information content (AvgIpc) is 2.19. The molecule has 1 aromatic rings. The molecular formula is C13H19NO2. The Labute approximate surface area is 96.5 Å². The summed E-state index contributed by atoms with van der Waals surface area (Å²) >= 11 is 0. The second-order valence-corrected chi connectivity index (χ2v) is 4.53. The highest BCUT2D eigenvalue weighted by Gasteiger charge is 2.18. The maximum atomic E-state index is 11.0. The van der Waals surface area contributed by atoms with E-state index in [4.69, 9.17) is 5.11 Å². The first-order valence-electron chi connectivity index (χ1n) is 5.55. The first-order valence-corrected chi connectivity index (χ1v) is 5.55. The van der Waals surface area contributed by atoms with Crippen LogP contribution in [-0.2, 0) is 4.79 Å². The van der Waals surface area contributed by atoms with Crippen molar-refractivity contribution in [1.82, 2.24) is 0 Å². The second-order valence-electron chi connectivity index (χ2n) is 4.53. The second kappa shape index (κ2) is 5.54. The lowest BCUT2D eigenvalue weighted by Crippen LogP contribution is -2.30. The van der Waals surface area contributed by atoms with Gasteiger partial charge in [-0.15, -0.1) is 0 Å². The molecule has 0 spiro atoms. The highest BCUT2D eigenvalue weighted by molar-refractivity contribution is 5.77. The summed E-state index contributed by atoms with van der Waals surface area (Å²) in [7, 11) is 0. The van der Waals surface area contributed by atoms with Crippen molar-refractivity contribution in [1.29, 1.82) is 0 Å².